The number of halogens is 4. The van der Waals surface area contributed by atoms with Gasteiger partial charge in [-0.2, -0.15) is 13.2 Å². The molecule has 0 aliphatic rings. The molecular weight excluding hydrogens is 473 g/mol. The zero-order valence-corrected chi connectivity index (χ0v) is 18.7. The van der Waals surface area contributed by atoms with Crippen LogP contribution >= 0.6 is 23.4 Å². The second-order valence-electron chi connectivity index (χ2n) is 7.37. The smallest absolute Gasteiger partial charge is 0.384 e. The summed E-state index contributed by atoms with van der Waals surface area (Å²) in [4.78, 5) is 37.7. The average molecular weight is 491 g/mol. The second kappa shape index (κ2) is 8.62. The summed E-state index contributed by atoms with van der Waals surface area (Å²) >= 11 is 6.64. The van der Waals surface area contributed by atoms with E-state index in [1.165, 1.54) is 7.05 Å². The van der Waals surface area contributed by atoms with Crippen molar-refractivity contribution >= 4 is 40.6 Å². The summed E-state index contributed by atoms with van der Waals surface area (Å²) in [5, 5.41) is 7.23. The third-order valence-corrected chi connectivity index (χ3v) is 5.72. The summed E-state index contributed by atoms with van der Waals surface area (Å²) < 4.78 is 42.3. The number of carbonyl (C=O) groups excluding carboxylic acids is 1. The number of nitrogens with two attached hydrogens (primary N) is 1. The van der Waals surface area contributed by atoms with Crippen molar-refractivity contribution < 1.29 is 18.0 Å². The van der Waals surface area contributed by atoms with Gasteiger partial charge in [-0.1, -0.05) is 37.2 Å². The minimum absolute atomic E-state index is 0.0137. The SMILES string of the molecule is CC(C)Cn1c(N)c(C(=O)CSc2nnc3c(Cl)cc(C(F)(F)F)cn23)c(=O)n(C)c1=O. The lowest BCUT2D eigenvalue weighted by atomic mass is 10.2. The number of hydrogen-bond acceptors (Lipinski definition) is 7. The molecule has 0 saturated carbocycles. The van der Waals surface area contributed by atoms with Crippen molar-refractivity contribution in [2.45, 2.75) is 31.7 Å². The highest BCUT2D eigenvalue weighted by molar-refractivity contribution is 7.99. The Hall–Kier alpha value is -2.80. The van der Waals surface area contributed by atoms with Crippen LogP contribution in [-0.4, -0.2) is 35.3 Å². The summed E-state index contributed by atoms with van der Waals surface area (Å²) in [6, 6.07) is 0.730. The van der Waals surface area contributed by atoms with Crippen molar-refractivity contribution in [3.05, 3.63) is 49.3 Å². The molecule has 0 bridgehead atoms. The van der Waals surface area contributed by atoms with E-state index in [1.54, 1.807) is 0 Å². The predicted molar refractivity (Wildman–Crippen MR) is 113 cm³/mol. The molecule has 3 rings (SSSR count). The summed E-state index contributed by atoms with van der Waals surface area (Å²) in [6.07, 6.45) is -3.88. The highest BCUT2D eigenvalue weighted by atomic mass is 35.5. The number of nitrogen functional groups attached to an aromatic ring is 1. The molecule has 9 nitrogen and oxygen atoms in total. The Balaban J connectivity index is 1.97. The van der Waals surface area contributed by atoms with Crippen LogP contribution in [0.4, 0.5) is 19.0 Å². The van der Waals surface area contributed by atoms with Gasteiger partial charge in [0.05, 0.1) is 16.3 Å². The normalized spacial score (nSPS) is 12.1. The quantitative estimate of drug-likeness (QED) is 0.416. The molecular formula is C18H18ClF3N6O3S. The van der Waals surface area contributed by atoms with E-state index >= 15 is 0 Å². The van der Waals surface area contributed by atoms with E-state index in [-0.39, 0.29) is 45.4 Å². The fraction of sp³-hybridized carbons (Fsp3) is 0.389. The van der Waals surface area contributed by atoms with Crippen molar-refractivity contribution in [1.29, 1.82) is 0 Å². The Bertz CT molecular complexity index is 1330. The van der Waals surface area contributed by atoms with Gasteiger partial charge in [-0.3, -0.25) is 23.1 Å². The van der Waals surface area contributed by atoms with Crippen LogP contribution in [0.15, 0.2) is 27.0 Å². The number of thioether (sulfide) groups is 1. The van der Waals surface area contributed by atoms with E-state index in [1.807, 2.05) is 13.8 Å². The first-order valence-electron chi connectivity index (χ1n) is 9.19. The molecule has 0 saturated heterocycles. The lowest BCUT2D eigenvalue weighted by molar-refractivity contribution is -0.137. The number of nitrogens with zero attached hydrogens (tertiary/aromatic N) is 5. The van der Waals surface area contributed by atoms with Crippen LogP contribution < -0.4 is 17.0 Å². The van der Waals surface area contributed by atoms with Gasteiger partial charge >= 0.3 is 11.9 Å². The van der Waals surface area contributed by atoms with Crippen molar-refractivity contribution in [2.24, 2.45) is 13.0 Å². The molecule has 2 N–H and O–H groups in total. The van der Waals surface area contributed by atoms with Gasteiger partial charge in [-0.05, 0) is 12.0 Å². The van der Waals surface area contributed by atoms with Gasteiger partial charge in [-0.25, -0.2) is 4.79 Å². The van der Waals surface area contributed by atoms with Gasteiger partial charge in [0.25, 0.3) is 5.56 Å². The van der Waals surface area contributed by atoms with Gasteiger partial charge < -0.3 is 5.73 Å². The van der Waals surface area contributed by atoms with E-state index in [4.69, 9.17) is 17.3 Å². The van der Waals surface area contributed by atoms with E-state index in [0.29, 0.717) is 0 Å². The molecule has 3 heterocycles. The molecule has 0 unspecified atom stereocenters. The maximum atomic E-state index is 13.1. The summed E-state index contributed by atoms with van der Waals surface area (Å²) in [5.41, 5.74) is 3.07. The monoisotopic (exact) mass is 490 g/mol. The Morgan fingerprint density at radius 3 is 2.53 bits per heavy atom. The number of anilines is 1. The van der Waals surface area contributed by atoms with Crippen molar-refractivity contribution in [1.82, 2.24) is 23.7 Å². The molecule has 32 heavy (non-hydrogen) atoms. The fourth-order valence-electron chi connectivity index (χ4n) is 2.98. The van der Waals surface area contributed by atoms with E-state index < -0.39 is 28.8 Å². The number of pyridine rings is 1. The minimum atomic E-state index is -4.65. The molecule has 0 atom stereocenters. The average Bonchev–Trinajstić information content (AvgIpc) is 3.11. The molecule has 0 radical (unpaired) electrons. The van der Waals surface area contributed by atoms with Crippen LogP contribution in [0.2, 0.25) is 5.02 Å². The number of rotatable bonds is 6. The van der Waals surface area contributed by atoms with Crippen LogP contribution in [-0.2, 0) is 19.8 Å². The number of alkyl halides is 3. The van der Waals surface area contributed by atoms with Gasteiger partial charge in [-0.15, -0.1) is 10.2 Å². The highest BCUT2D eigenvalue weighted by Gasteiger charge is 2.32. The molecule has 0 aliphatic carbocycles. The highest BCUT2D eigenvalue weighted by Crippen LogP contribution is 2.33. The topological polar surface area (TPSA) is 117 Å². The standard InChI is InChI=1S/C18H18ClF3N6O3S/c1-8(2)5-27-13(23)12(15(30)26(3)17(27)31)11(29)7-32-16-25-24-14-10(19)4-9(6-28(14)16)18(20,21)22/h4,6,8H,5,7,23H2,1-3H3. The number of Topliss-reactive ketones (excluding diaryl/α,β-unsaturated/α-hetero) is 1. The van der Waals surface area contributed by atoms with Gasteiger partial charge in [0.2, 0.25) is 0 Å². The number of fused-ring (bicyclic) bond motifs is 1. The summed E-state index contributed by atoms with van der Waals surface area (Å²) in [5.74, 6) is -1.33. The lowest BCUT2D eigenvalue weighted by Gasteiger charge is -2.16. The molecule has 0 spiro atoms. The van der Waals surface area contributed by atoms with E-state index in [9.17, 15) is 27.6 Å². The molecule has 0 fully saturated rings. The maximum Gasteiger partial charge on any atom is 0.417 e. The Labute approximate surface area is 188 Å². The summed E-state index contributed by atoms with van der Waals surface area (Å²) in [6.45, 7) is 3.87. The maximum absolute atomic E-state index is 13.1. The zero-order valence-electron chi connectivity index (χ0n) is 17.1. The largest absolute Gasteiger partial charge is 0.417 e. The van der Waals surface area contributed by atoms with Crippen molar-refractivity contribution in [2.75, 3.05) is 11.5 Å². The molecule has 0 aliphatic heterocycles. The number of ketones is 1. The van der Waals surface area contributed by atoms with Crippen LogP contribution in [0.3, 0.4) is 0 Å². The predicted octanol–water partition coefficient (Wildman–Crippen LogP) is 2.48. The van der Waals surface area contributed by atoms with Gasteiger partial charge in [0.1, 0.15) is 11.4 Å². The van der Waals surface area contributed by atoms with Crippen LogP contribution in [0.25, 0.3) is 5.65 Å². The van der Waals surface area contributed by atoms with Crippen LogP contribution in [0, 0.1) is 5.92 Å². The van der Waals surface area contributed by atoms with Crippen LogP contribution in [0.5, 0.6) is 0 Å². The van der Waals surface area contributed by atoms with Crippen molar-refractivity contribution in [3.63, 3.8) is 0 Å². The molecule has 0 aromatic carbocycles. The van der Waals surface area contributed by atoms with Crippen LogP contribution in [0.1, 0.15) is 29.8 Å². The molecule has 3 aromatic heterocycles. The number of aromatic nitrogens is 5. The molecule has 172 valence electrons. The number of carbonyl (C=O) groups is 1. The Kier molecular flexibility index (Phi) is 6.43. The molecule has 14 heteroatoms. The second-order valence-corrected chi connectivity index (χ2v) is 8.72. The lowest BCUT2D eigenvalue weighted by Crippen LogP contribution is -2.43. The molecule has 3 aromatic rings. The van der Waals surface area contributed by atoms with Gasteiger partial charge in [0.15, 0.2) is 16.6 Å². The van der Waals surface area contributed by atoms with E-state index in [0.717, 1.165) is 37.6 Å². The minimum Gasteiger partial charge on any atom is -0.384 e. The Morgan fingerprint density at radius 2 is 1.94 bits per heavy atom. The van der Waals surface area contributed by atoms with E-state index in [2.05, 4.69) is 10.2 Å². The van der Waals surface area contributed by atoms with Gasteiger partial charge in [0, 0.05) is 19.8 Å². The Morgan fingerprint density at radius 1 is 1.28 bits per heavy atom. The first-order chi connectivity index (χ1) is 14.8. The summed E-state index contributed by atoms with van der Waals surface area (Å²) in [7, 11) is 1.23. The first-order valence-corrected chi connectivity index (χ1v) is 10.6. The third-order valence-electron chi connectivity index (χ3n) is 4.50. The zero-order chi connectivity index (χ0) is 24.0. The fourth-order valence-corrected chi connectivity index (χ4v) is 4.00. The molecule has 0 amide bonds. The first kappa shape index (κ1) is 23.9. The van der Waals surface area contributed by atoms with Crippen molar-refractivity contribution in [3.8, 4) is 0 Å². The third kappa shape index (κ3) is 4.39. The number of hydrogen-bond donors (Lipinski definition) is 1.